The number of alkyl halides is 5. The maximum absolute atomic E-state index is 13.0. The van der Waals surface area contributed by atoms with Gasteiger partial charge in [0.2, 0.25) is 0 Å². The molecule has 0 aliphatic carbocycles. The highest BCUT2D eigenvalue weighted by Crippen LogP contribution is 2.30. The number of nitrogens with one attached hydrogen (secondary N) is 7. The number of ketones is 1. The van der Waals surface area contributed by atoms with Crippen molar-refractivity contribution in [2.24, 2.45) is 116 Å². The monoisotopic (exact) mass is 1980 g/mol. The Morgan fingerprint density at radius 3 is 1.01 bits per heavy atom. The van der Waals surface area contributed by atoms with Crippen molar-refractivity contribution in [1.29, 1.82) is 0 Å². The second-order valence-corrected chi connectivity index (χ2v) is 42.7. The van der Waals surface area contributed by atoms with Crippen LogP contribution < -0.4 is 117 Å². The van der Waals surface area contributed by atoms with Gasteiger partial charge in [-0.05, 0) is 181 Å². The molecule has 0 aliphatic rings. The van der Waals surface area contributed by atoms with Crippen LogP contribution in [0.1, 0.15) is 274 Å². The van der Waals surface area contributed by atoms with Crippen molar-refractivity contribution >= 4 is 47.4 Å². The third-order valence-corrected chi connectivity index (χ3v) is 22.1. The number of carbonyl (C=O) groups excluding carboxylic acids is 2. The van der Waals surface area contributed by atoms with Crippen LogP contribution in [0.3, 0.4) is 0 Å². The van der Waals surface area contributed by atoms with Crippen molar-refractivity contribution in [2.75, 3.05) is 78.5 Å². The minimum Gasteiger partial charge on any atom is -0.370 e. The van der Waals surface area contributed by atoms with Gasteiger partial charge >= 0.3 is 6.18 Å². The molecule has 34 heteroatoms. The van der Waals surface area contributed by atoms with Crippen LogP contribution in [0.2, 0.25) is 0 Å². The molecule has 7 aromatic rings. The molecule has 5 atom stereocenters. The van der Waals surface area contributed by atoms with Gasteiger partial charge in [-0.15, -0.1) is 0 Å². The zero-order chi connectivity index (χ0) is 108. The Hall–Kier alpha value is -11.4. The average Bonchev–Trinajstić information content (AvgIpc) is 0.798. The highest BCUT2D eigenvalue weighted by atomic mass is 19.4. The largest absolute Gasteiger partial charge is 0.403 e. The quantitative estimate of drug-likeness (QED) is 0.00732. The molecular formula is C108H180F5N27O2. The summed E-state index contributed by atoms with van der Waals surface area (Å²) in [5.41, 5.74) is 91.3. The predicted molar refractivity (Wildman–Crippen MR) is 587 cm³/mol. The maximum Gasteiger partial charge on any atom is 0.403 e. The molecular weight excluding hydrogens is 1800 g/mol. The van der Waals surface area contributed by atoms with Crippen molar-refractivity contribution in [3.63, 3.8) is 0 Å². The number of carbonyl (C=O) groups is 2. The third-order valence-electron chi connectivity index (χ3n) is 22.1. The number of guanidine groups is 6. The molecule has 0 radical (unpaired) electrons. The molecule has 0 bridgehead atoms. The zero-order valence-corrected chi connectivity index (χ0v) is 89.5. The van der Waals surface area contributed by atoms with E-state index in [1.54, 1.807) is 0 Å². The van der Waals surface area contributed by atoms with Gasteiger partial charge in [0.25, 0.3) is 12.3 Å². The topological polar surface area (TPSA) is 557 Å². The van der Waals surface area contributed by atoms with Crippen LogP contribution in [0.25, 0.3) is 0 Å². The van der Waals surface area contributed by atoms with Crippen molar-refractivity contribution in [2.45, 2.75) is 292 Å². The molecule has 142 heavy (non-hydrogen) atoms. The van der Waals surface area contributed by atoms with E-state index >= 15 is 0 Å². The van der Waals surface area contributed by atoms with E-state index in [0.717, 1.165) is 61.3 Å². The van der Waals surface area contributed by atoms with E-state index in [4.69, 9.17) is 80.3 Å². The first-order valence-corrected chi connectivity index (χ1v) is 48.7. The highest BCUT2D eigenvalue weighted by Gasteiger charge is 2.39. The molecule has 0 saturated heterocycles. The smallest absolute Gasteiger partial charge is 0.370 e. The Balaban J connectivity index is 0.000000830. The van der Waals surface area contributed by atoms with Crippen LogP contribution in [-0.2, 0) is 75.4 Å². The number of nitrogens with two attached hydrogens (primary N) is 14. The second-order valence-electron chi connectivity index (χ2n) is 42.7. The summed E-state index contributed by atoms with van der Waals surface area (Å²) >= 11 is 0. The summed E-state index contributed by atoms with van der Waals surface area (Å²) in [4.78, 5) is 46.1. The Labute approximate surface area is 846 Å². The van der Waals surface area contributed by atoms with Crippen molar-refractivity contribution < 1.29 is 31.5 Å². The number of halogens is 5. The lowest BCUT2D eigenvalue weighted by molar-refractivity contribution is -0.157. The molecule has 0 heterocycles. The zero-order valence-electron chi connectivity index (χ0n) is 89.5. The Morgan fingerprint density at radius 2 is 0.669 bits per heavy atom. The van der Waals surface area contributed by atoms with Gasteiger partial charge in [0, 0.05) is 89.6 Å². The number of aliphatic imine (C=N–C) groups is 6. The van der Waals surface area contributed by atoms with E-state index in [-0.39, 0.29) is 137 Å². The number of amides is 1. The first-order chi connectivity index (χ1) is 65.8. The fraction of sp³-hybridized carbons (Fsp3) is 0.537. The number of rotatable bonds is 41. The van der Waals surface area contributed by atoms with Gasteiger partial charge in [-0.1, -0.05) is 310 Å². The predicted octanol–water partition coefficient (Wildman–Crippen LogP) is 13.0. The maximum atomic E-state index is 13.0. The molecule has 29 nitrogen and oxygen atoms in total. The summed E-state index contributed by atoms with van der Waals surface area (Å²) in [6.45, 7) is 58.7. The number of Topliss-reactive ketones (excluding diaryl/α,β-unsaturated/α-hetero) is 1. The average molecular weight is 1980 g/mol. The SMILES string of the molecule is CC(C)(C)c1ccc(C(=O)NCCCN)cc1.CC(C)(C)c1ccc(CNC(CCN=C(N)N)C(F)(F)F)cc1.CC(C)(C)c1ccc(CNC(CCN=C(N)N)C(F)F)cc1.CC(C)(C)c1ccc(CNCC(=O)CN=C(N)N)cc1.CC(C)(C)c1ccc(CNCC(N)CN=C(N)N)cc1.CC(CN=C(N)N)CNCc1ccc(C(C)(C)C)cc1.CC(NCCCN=C(N)N)c1ccc(C(C)(C)C)cc1. The van der Waals surface area contributed by atoms with E-state index in [1.807, 2.05) is 72.8 Å². The lowest BCUT2D eigenvalue weighted by Crippen LogP contribution is -2.42. The molecule has 5 unspecified atom stereocenters. The third kappa shape index (κ3) is 60.2. The molecule has 0 fully saturated rings. The van der Waals surface area contributed by atoms with Crippen LogP contribution in [0, 0.1) is 5.92 Å². The van der Waals surface area contributed by atoms with Gasteiger partial charge < -0.3 is 117 Å². The summed E-state index contributed by atoms with van der Waals surface area (Å²) in [6, 6.07) is 55.7. The minimum absolute atomic E-state index is 0.0145. The lowest BCUT2D eigenvalue weighted by Gasteiger charge is -2.22. The first kappa shape index (κ1) is 129. The van der Waals surface area contributed by atoms with Crippen molar-refractivity contribution in [3.05, 3.63) is 248 Å². The highest BCUT2D eigenvalue weighted by molar-refractivity contribution is 5.94. The number of hydrogen-bond donors (Lipinski definition) is 21. The molecule has 1 amide bonds. The molecule has 7 aromatic carbocycles. The number of hydrogen-bond acceptors (Lipinski definition) is 16. The fourth-order valence-corrected chi connectivity index (χ4v) is 13.0. The Kier molecular flexibility index (Phi) is 58.3. The minimum atomic E-state index is -4.34. The Bertz CT molecular complexity index is 4740. The van der Waals surface area contributed by atoms with Gasteiger partial charge in [0.15, 0.2) is 41.5 Å². The molecule has 35 N–H and O–H groups in total. The van der Waals surface area contributed by atoms with Crippen LogP contribution in [0.15, 0.2) is 200 Å². The number of benzene rings is 7. The summed E-state index contributed by atoms with van der Waals surface area (Å²) < 4.78 is 64.9. The van der Waals surface area contributed by atoms with Gasteiger partial charge in [-0.2, -0.15) is 13.2 Å². The standard InChI is InChI=1S/C16H25F3N4.C16H26F2N4.2C16H28N4.C15H27N5.C15H24N4O.C14H22N2O/c1-15(2,3)12-6-4-11(5-7-12)10-23-13(16(17,18)19)8-9-22-14(20)21;1-16(2,3)12-6-4-11(5-7-12)10-22-13(14(17)18)8-9-21-15(19)20;1-12(19-10-5-11-20-15(17)18)13-6-8-14(9-7-13)16(2,3)4;1-12(10-20-15(17)18)9-19-11-13-5-7-14(8-6-13)16(2,3)4;1-15(2,3)12-6-4-11(5-7-12)8-19-9-13(16)10-20-14(17)18;1-15(2,3)12-6-4-11(5-7-12)8-18-9-13(20)10-19-14(16)17;1-14(2,3)12-7-5-11(6-8-12)13(17)16-10-4-9-15/h4-7,13,23H,8-10H2,1-3H3,(H4,20,21,22);4-7,13-14,22H,8-10H2,1-3H3,(H4,19,20,21);6-9,12,19H,5,10-11H2,1-4H3,(H4,17,18,20);5-8,12,19H,9-11H2,1-4H3,(H4,17,18,20);4-7,13,19H,8-10,16H2,1-3H3,(H4,17,18,20);4-7,18H,8-10H2,1-3H3,(H4,16,17,19);5-8H,4,9-10,15H2,1-3H3,(H,16,17). The normalized spacial score (nSPS) is 12.7. The molecule has 0 aromatic heterocycles. The molecule has 7 rings (SSSR count). The van der Waals surface area contributed by atoms with E-state index in [1.165, 1.54) is 50.1 Å². The summed E-state index contributed by atoms with van der Waals surface area (Å²) in [5.74, 6) is 0.420. The van der Waals surface area contributed by atoms with E-state index in [2.05, 4.69) is 323 Å². The molecule has 0 saturated carbocycles. The van der Waals surface area contributed by atoms with Gasteiger partial charge in [0.05, 0.1) is 19.1 Å². The molecule has 794 valence electrons. The lowest BCUT2D eigenvalue weighted by atomic mass is 9.86. The van der Waals surface area contributed by atoms with Crippen molar-refractivity contribution in [1.82, 2.24) is 37.2 Å². The first-order valence-electron chi connectivity index (χ1n) is 48.7. The van der Waals surface area contributed by atoms with Crippen molar-refractivity contribution in [3.8, 4) is 0 Å². The summed E-state index contributed by atoms with van der Waals surface area (Å²) in [6.07, 6.45) is -5.07. The van der Waals surface area contributed by atoms with Crippen LogP contribution >= 0.6 is 0 Å². The van der Waals surface area contributed by atoms with Crippen LogP contribution in [-0.4, -0.2) is 157 Å². The van der Waals surface area contributed by atoms with Crippen LogP contribution in [0.4, 0.5) is 22.0 Å². The van der Waals surface area contributed by atoms with Gasteiger partial charge in [-0.25, -0.2) is 13.8 Å². The molecule has 0 spiro atoms. The van der Waals surface area contributed by atoms with E-state index in [9.17, 15) is 31.5 Å². The summed E-state index contributed by atoms with van der Waals surface area (Å²) in [5, 5.41) is 21.5. The molecule has 0 aliphatic heterocycles. The van der Waals surface area contributed by atoms with Gasteiger partial charge in [0.1, 0.15) is 12.6 Å². The summed E-state index contributed by atoms with van der Waals surface area (Å²) in [7, 11) is 0. The Morgan fingerprint density at radius 1 is 0.352 bits per heavy atom. The van der Waals surface area contributed by atoms with Crippen LogP contribution in [0.5, 0.6) is 0 Å². The van der Waals surface area contributed by atoms with E-state index in [0.29, 0.717) is 69.9 Å². The number of nitrogens with zero attached hydrogens (tertiary/aromatic N) is 6. The van der Waals surface area contributed by atoms with Gasteiger partial charge in [-0.3, -0.25) is 34.6 Å². The second kappa shape index (κ2) is 64.3. The fourth-order valence-electron chi connectivity index (χ4n) is 13.0. The van der Waals surface area contributed by atoms with E-state index < -0.39 is 24.7 Å².